The summed E-state index contributed by atoms with van der Waals surface area (Å²) in [7, 11) is 0. The van der Waals surface area contributed by atoms with Crippen molar-refractivity contribution in [1.82, 2.24) is 9.78 Å². The smallest absolute Gasteiger partial charge is 0.276 e. The lowest BCUT2D eigenvalue weighted by molar-refractivity contribution is -0.119. The van der Waals surface area contributed by atoms with E-state index >= 15 is 0 Å². The molecule has 5 nitrogen and oxygen atoms in total. The van der Waals surface area contributed by atoms with Crippen molar-refractivity contribution in [2.75, 3.05) is 5.32 Å². The highest BCUT2D eigenvalue weighted by Crippen LogP contribution is 2.33. The van der Waals surface area contributed by atoms with Crippen LogP contribution in [0.2, 0.25) is 0 Å². The number of carbonyl (C=O) groups is 1. The maximum Gasteiger partial charge on any atom is 0.276 e. The summed E-state index contributed by atoms with van der Waals surface area (Å²) in [5.74, 6) is 0.159. The van der Waals surface area contributed by atoms with Gasteiger partial charge in [0, 0.05) is 15.8 Å². The summed E-state index contributed by atoms with van der Waals surface area (Å²) in [5.41, 5.74) is 2.43. The summed E-state index contributed by atoms with van der Waals surface area (Å²) in [5, 5.41) is 8.89. The Labute approximate surface area is 173 Å². The molecule has 4 aromatic rings. The van der Waals surface area contributed by atoms with Crippen LogP contribution in [-0.4, -0.2) is 15.7 Å². The Balaban J connectivity index is 1.70. The Hall–Kier alpha value is -2.99. The van der Waals surface area contributed by atoms with Crippen molar-refractivity contribution in [2.24, 2.45) is 0 Å². The molecule has 2 aromatic heterocycles. The normalized spacial score (nSPS) is 12.6. The third kappa shape index (κ3) is 3.44. The predicted octanol–water partition coefficient (Wildman–Crippen LogP) is 5.24. The van der Waals surface area contributed by atoms with Crippen LogP contribution >= 0.6 is 11.3 Å². The van der Waals surface area contributed by atoms with Crippen molar-refractivity contribution in [1.29, 1.82) is 0 Å². The molecule has 0 aliphatic carbocycles. The van der Waals surface area contributed by atoms with Gasteiger partial charge in [0.15, 0.2) is 0 Å². The zero-order valence-corrected chi connectivity index (χ0v) is 17.7. The molecule has 4 rings (SSSR count). The van der Waals surface area contributed by atoms with Crippen LogP contribution in [0.3, 0.4) is 0 Å². The van der Waals surface area contributed by atoms with Crippen molar-refractivity contribution < 1.29 is 4.79 Å². The van der Waals surface area contributed by atoms with Crippen LogP contribution in [-0.2, 0) is 4.79 Å². The van der Waals surface area contributed by atoms with Gasteiger partial charge >= 0.3 is 0 Å². The summed E-state index contributed by atoms with van der Waals surface area (Å²) < 4.78 is 3.23. The van der Waals surface area contributed by atoms with Crippen LogP contribution in [0.1, 0.15) is 44.0 Å². The molecule has 0 spiro atoms. The van der Waals surface area contributed by atoms with Gasteiger partial charge in [-0.2, -0.15) is 5.10 Å². The molecule has 29 heavy (non-hydrogen) atoms. The van der Waals surface area contributed by atoms with Gasteiger partial charge in [-0.3, -0.25) is 9.59 Å². The lowest BCUT2D eigenvalue weighted by Crippen LogP contribution is -2.33. The molecule has 0 fully saturated rings. The number of rotatable bonds is 4. The summed E-state index contributed by atoms with van der Waals surface area (Å²) in [4.78, 5) is 26.0. The van der Waals surface area contributed by atoms with E-state index in [1.54, 1.807) is 18.3 Å². The summed E-state index contributed by atoms with van der Waals surface area (Å²) in [6, 6.07) is 14.9. The van der Waals surface area contributed by atoms with E-state index in [4.69, 9.17) is 0 Å². The van der Waals surface area contributed by atoms with Crippen LogP contribution < -0.4 is 10.9 Å². The SMILES string of the molecule is Cc1nn([C@@H](C)C(=O)Nc2ccc(C(C)C)cc2)c(=O)c2c1sc1ccccc12. The van der Waals surface area contributed by atoms with Gasteiger partial charge in [0.1, 0.15) is 6.04 Å². The minimum Gasteiger partial charge on any atom is -0.324 e. The molecule has 0 unspecified atom stereocenters. The predicted molar refractivity (Wildman–Crippen MR) is 120 cm³/mol. The van der Waals surface area contributed by atoms with Crippen LogP contribution in [0.15, 0.2) is 53.3 Å². The first kappa shape index (κ1) is 19.3. The average molecular weight is 406 g/mol. The van der Waals surface area contributed by atoms with E-state index in [-0.39, 0.29) is 11.5 Å². The maximum atomic E-state index is 13.2. The van der Waals surface area contributed by atoms with Crippen molar-refractivity contribution in [3.8, 4) is 0 Å². The number of hydrogen-bond donors (Lipinski definition) is 1. The first-order valence-electron chi connectivity index (χ1n) is 9.68. The highest BCUT2D eigenvalue weighted by Gasteiger charge is 2.22. The topological polar surface area (TPSA) is 64.0 Å². The number of amides is 1. The van der Waals surface area contributed by atoms with E-state index in [0.717, 1.165) is 20.5 Å². The zero-order valence-electron chi connectivity index (χ0n) is 16.9. The minimum atomic E-state index is -0.728. The van der Waals surface area contributed by atoms with E-state index in [2.05, 4.69) is 24.3 Å². The van der Waals surface area contributed by atoms with E-state index in [1.807, 2.05) is 55.5 Å². The summed E-state index contributed by atoms with van der Waals surface area (Å²) in [6.07, 6.45) is 0. The summed E-state index contributed by atoms with van der Waals surface area (Å²) >= 11 is 1.56. The molecule has 1 N–H and O–H groups in total. The Morgan fingerprint density at radius 3 is 2.45 bits per heavy atom. The van der Waals surface area contributed by atoms with Gasteiger partial charge in [-0.05, 0) is 43.5 Å². The number of hydrogen-bond acceptors (Lipinski definition) is 4. The van der Waals surface area contributed by atoms with Gasteiger partial charge in [0.25, 0.3) is 5.56 Å². The lowest BCUT2D eigenvalue weighted by Gasteiger charge is -2.15. The molecule has 1 atom stereocenters. The number of anilines is 1. The molecular weight excluding hydrogens is 382 g/mol. The first-order valence-corrected chi connectivity index (χ1v) is 10.5. The van der Waals surface area contributed by atoms with Crippen molar-refractivity contribution in [3.05, 3.63) is 70.1 Å². The fourth-order valence-electron chi connectivity index (χ4n) is 3.45. The van der Waals surface area contributed by atoms with E-state index < -0.39 is 6.04 Å². The van der Waals surface area contributed by atoms with Gasteiger partial charge < -0.3 is 5.32 Å². The molecule has 1 amide bonds. The number of nitrogens with one attached hydrogen (secondary N) is 1. The van der Waals surface area contributed by atoms with E-state index in [9.17, 15) is 9.59 Å². The van der Waals surface area contributed by atoms with Crippen molar-refractivity contribution >= 4 is 43.1 Å². The monoisotopic (exact) mass is 405 g/mol. The number of carbonyl (C=O) groups excluding carboxylic acids is 1. The van der Waals surface area contributed by atoms with Gasteiger partial charge in [-0.25, -0.2) is 4.68 Å². The molecule has 2 aromatic carbocycles. The average Bonchev–Trinajstić information content (AvgIpc) is 3.11. The standard InChI is InChI=1S/C23H23N3O2S/c1-13(2)16-9-11-17(12-10-16)24-22(27)15(4)26-23(28)20-18-7-5-6-8-19(18)29-21(20)14(3)25-26/h5-13,15H,1-4H3,(H,24,27)/t15-/m0/s1. The second-order valence-electron chi connectivity index (χ2n) is 7.58. The first-order chi connectivity index (χ1) is 13.9. The molecular formula is C23H23N3O2S. The largest absolute Gasteiger partial charge is 0.324 e. The van der Waals surface area contributed by atoms with E-state index in [0.29, 0.717) is 17.0 Å². The number of benzene rings is 2. The van der Waals surface area contributed by atoms with E-state index in [1.165, 1.54) is 10.2 Å². The van der Waals surface area contributed by atoms with Crippen molar-refractivity contribution in [3.63, 3.8) is 0 Å². The molecule has 0 aliphatic heterocycles. The van der Waals surface area contributed by atoms with Gasteiger partial charge in [-0.1, -0.05) is 44.2 Å². The fourth-order valence-corrected chi connectivity index (χ4v) is 4.59. The van der Waals surface area contributed by atoms with Gasteiger partial charge in [0.2, 0.25) is 5.91 Å². The molecule has 0 saturated heterocycles. The molecule has 0 aliphatic rings. The third-order valence-corrected chi connectivity index (χ3v) is 6.47. The van der Waals surface area contributed by atoms with Crippen LogP contribution in [0.5, 0.6) is 0 Å². The zero-order chi connectivity index (χ0) is 20.7. The molecule has 148 valence electrons. The quantitative estimate of drug-likeness (QED) is 0.505. The highest BCUT2D eigenvalue weighted by molar-refractivity contribution is 7.26. The fraction of sp³-hybridized carbons (Fsp3) is 0.261. The number of aromatic nitrogens is 2. The molecule has 0 bridgehead atoms. The third-order valence-electron chi connectivity index (χ3n) is 5.19. The van der Waals surface area contributed by atoms with Gasteiger partial charge in [0.05, 0.1) is 15.8 Å². The Morgan fingerprint density at radius 1 is 1.07 bits per heavy atom. The Kier molecular flexibility index (Phi) is 4.96. The number of thiophene rings is 1. The summed E-state index contributed by atoms with van der Waals surface area (Å²) in [6.45, 7) is 7.83. The molecule has 6 heteroatoms. The molecule has 0 saturated carbocycles. The van der Waals surface area contributed by atoms with Crippen molar-refractivity contribution in [2.45, 2.75) is 39.7 Å². The highest BCUT2D eigenvalue weighted by atomic mass is 32.1. The minimum absolute atomic E-state index is 0.235. The van der Waals surface area contributed by atoms with Crippen LogP contribution in [0.25, 0.3) is 20.2 Å². The second-order valence-corrected chi connectivity index (χ2v) is 8.63. The number of fused-ring (bicyclic) bond motifs is 3. The van der Waals surface area contributed by atoms with Crippen LogP contribution in [0.4, 0.5) is 5.69 Å². The second kappa shape index (κ2) is 7.44. The number of nitrogens with zero attached hydrogens (tertiary/aromatic N) is 2. The Bertz CT molecular complexity index is 1270. The van der Waals surface area contributed by atoms with Crippen LogP contribution in [0, 0.1) is 6.92 Å². The lowest BCUT2D eigenvalue weighted by atomic mass is 10.0. The van der Waals surface area contributed by atoms with Gasteiger partial charge in [-0.15, -0.1) is 11.3 Å². The Morgan fingerprint density at radius 2 is 1.76 bits per heavy atom. The molecule has 2 heterocycles. The molecule has 0 radical (unpaired) electrons. The number of aryl methyl sites for hydroxylation is 1. The maximum absolute atomic E-state index is 13.2.